The van der Waals surface area contributed by atoms with Gasteiger partial charge in [0.15, 0.2) is 0 Å². The predicted octanol–water partition coefficient (Wildman–Crippen LogP) is 4.92. The molecule has 0 saturated heterocycles. The van der Waals surface area contributed by atoms with Crippen LogP contribution in [0.3, 0.4) is 0 Å². The maximum atomic E-state index is 12.7. The van der Waals surface area contributed by atoms with Crippen molar-refractivity contribution < 1.29 is 9.13 Å². The molecule has 3 rings (SSSR count). The average Bonchev–Trinajstić information content (AvgIpc) is 2.77. The van der Waals surface area contributed by atoms with Crippen LogP contribution in [0.2, 0.25) is 0 Å². The normalized spacial score (nSPS) is 11.3. The Labute approximate surface area is 173 Å². The van der Waals surface area contributed by atoms with E-state index in [0.29, 0.717) is 12.6 Å². The molecule has 0 aliphatic rings. The minimum absolute atomic E-state index is 0.177. The molecule has 0 aliphatic carbocycles. The highest BCUT2D eigenvalue weighted by atomic mass is 19.1. The number of hydrogen-bond donors (Lipinski definition) is 2. The van der Waals surface area contributed by atoms with E-state index in [1.54, 1.807) is 7.11 Å². The predicted molar refractivity (Wildman–Crippen MR) is 119 cm³/mol. The van der Waals surface area contributed by atoms with Crippen LogP contribution in [0.15, 0.2) is 78.9 Å². The average molecular weight is 395 g/mol. The lowest BCUT2D eigenvalue weighted by Gasteiger charge is -2.14. The van der Waals surface area contributed by atoms with Gasteiger partial charge in [-0.3, -0.25) is 0 Å². The van der Waals surface area contributed by atoms with Gasteiger partial charge in [-0.25, -0.2) is 4.39 Å². The van der Waals surface area contributed by atoms with E-state index in [-0.39, 0.29) is 5.82 Å². The molecule has 4 heteroatoms. The molecule has 3 aromatic carbocycles. The monoisotopic (exact) mass is 394 g/mol. The fourth-order valence-corrected chi connectivity index (χ4v) is 2.90. The van der Waals surface area contributed by atoms with Crippen molar-refractivity contribution in [3.8, 4) is 5.75 Å². The quantitative estimate of drug-likeness (QED) is 0.570. The fraction of sp³-hybridized carbons (Fsp3) is 0.280. The summed E-state index contributed by atoms with van der Waals surface area (Å²) in [5, 5.41) is 3.47. The molecule has 0 aliphatic heterocycles. The van der Waals surface area contributed by atoms with Crippen molar-refractivity contribution in [2.75, 3.05) is 20.2 Å². The fourth-order valence-electron chi connectivity index (χ4n) is 2.90. The van der Waals surface area contributed by atoms with Gasteiger partial charge in [0.25, 0.3) is 0 Å². The van der Waals surface area contributed by atoms with Gasteiger partial charge in [0.2, 0.25) is 0 Å². The summed E-state index contributed by atoms with van der Waals surface area (Å²) >= 11 is 0. The summed E-state index contributed by atoms with van der Waals surface area (Å²) in [6.07, 6.45) is 1.85. The van der Waals surface area contributed by atoms with Crippen LogP contribution < -0.4 is 15.8 Å². The Morgan fingerprint density at radius 3 is 2.03 bits per heavy atom. The lowest BCUT2D eigenvalue weighted by atomic mass is 10.1. The first-order valence-corrected chi connectivity index (χ1v) is 9.98. The number of hydrogen-bond acceptors (Lipinski definition) is 3. The third-order valence-corrected chi connectivity index (χ3v) is 4.67. The molecule has 3 nitrogen and oxygen atoms in total. The second-order valence-corrected chi connectivity index (χ2v) is 6.85. The molecule has 0 fully saturated rings. The smallest absolute Gasteiger partial charge is 0.123 e. The molecule has 3 N–H and O–H groups in total. The first kappa shape index (κ1) is 22.6. The highest BCUT2D eigenvalue weighted by molar-refractivity contribution is 5.27. The molecule has 3 aromatic rings. The first-order chi connectivity index (χ1) is 14.1. The molecule has 29 heavy (non-hydrogen) atoms. The lowest BCUT2D eigenvalue weighted by molar-refractivity contribution is 0.414. The summed E-state index contributed by atoms with van der Waals surface area (Å²) in [6.45, 7) is 3.74. The lowest BCUT2D eigenvalue weighted by Crippen LogP contribution is -2.21. The number of nitrogens with two attached hydrogens (primary N) is 1. The Hall–Kier alpha value is -2.69. The number of methoxy groups -OCH3 is 1. The van der Waals surface area contributed by atoms with Crippen LogP contribution in [0.4, 0.5) is 4.39 Å². The molecule has 0 amide bonds. The summed E-state index contributed by atoms with van der Waals surface area (Å²) in [5.41, 5.74) is 9.10. The van der Waals surface area contributed by atoms with Crippen molar-refractivity contribution in [3.63, 3.8) is 0 Å². The maximum absolute atomic E-state index is 12.7. The van der Waals surface area contributed by atoms with Gasteiger partial charge in [-0.2, -0.15) is 0 Å². The summed E-state index contributed by atoms with van der Waals surface area (Å²) in [6, 6.07) is 25.4. The standard InChI is InChI=1S/C16H18FN.C9H13NO/c1-13(15-5-3-2-4-6-15)18-12-11-14-7-9-16(17)10-8-14;1-11-9-4-2-8(3-5-9)6-7-10/h2-10,13,18H,11-12H2,1H3;2-5H,6-7,10H2,1H3. The molecular weight excluding hydrogens is 363 g/mol. The van der Waals surface area contributed by atoms with Gasteiger partial charge in [0.05, 0.1) is 7.11 Å². The zero-order chi connectivity index (χ0) is 20.9. The second kappa shape index (κ2) is 12.7. The zero-order valence-corrected chi connectivity index (χ0v) is 17.3. The van der Waals surface area contributed by atoms with Crippen molar-refractivity contribution in [3.05, 3.63) is 101 Å². The summed E-state index contributed by atoms with van der Waals surface area (Å²) in [5.74, 6) is 0.718. The van der Waals surface area contributed by atoms with Crippen LogP contribution in [0.1, 0.15) is 29.7 Å². The molecule has 1 unspecified atom stereocenters. The Kier molecular flexibility index (Phi) is 9.90. The molecule has 0 saturated carbocycles. The van der Waals surface area contributed by atoms with Crippen LogP contribution in [-0.2, 0) is 12.8 Å². The van der Waals surface area contributed by atoms with Crippen LogP contribution in [0.5, 0.6) is 5.75 Å². The van der Waals surface area contributed by atoms with Crippen molar-refractivity contribution in [1.82, 2.24) is 5.32 Å². The summed E-state index contributed by atoms with van der Waals surface area (Å²) < 4.78 is 17.8. The third-order valence-electron chi connectivity index (χ3n) is 4.67. The Balaban J connectivity index is 0.000000234. The van der Waals surface area contributed by atoms with E-state index < -0.39 is 0 Å². The molecule has 0 aromatic heterocycles. The van der Waals surface area contributed by atoms with Crippen molar-refractivity contribution in [1.29, 1.82) is 0 Å². The van der Waals surface area contributed by atoms with E-state index in [1.807, 2.05) is 54.6 Å². The first-order valence-electron chi connectivity index (χ1n) is 9.98. The van der Waals surface area contributed by atoms with Gasteiger partial charge in [-0.15, -0.1) is 0 Å². The highest BCUT2D eigenvalue weighted by Crippen LogP contribution is 2.12. The van der Waals surface area contributed by atoms with E-state index in [1.165, 1.54) is 23.3 Å². The molecule has 0 radical (unpaired) electrons. The molecule has 154 valence electrons. The third kappa shape index (κ3) is 8.46. The number of nitrogens with one attached hydrogen (secondary N) is 1. The minimum atomic E-state index is -0.177. The van der Waals surface area contributed by atoms with Crippen molar-refractivity contribution in [2.45, 2.75) is 25.8 Å². The van der Waals surface area contributed by atoms with Crippen molar-refractivity contribution >= 4 is 0 Å². The number of rotatable bonds is 8. The molecule has 0 heterocycles. The van der Waals surface area contributed by atoms with E-state index >= 15 is 0 Å². The molecule has 0 bridgehead atoms. The number of benzene rings is 3. The van der Waals surface area contributed by atoms with Crippen LogP contribution in [-0.4, -0.2) is 20.2 Å². The van der Waals surface area contributed by atoms with Gasteiger partial charge in [0, 0.05) is 6.04 Å². The molecule has 0 spiro atoms. The highest BCUT2D eigenvalue weighted by Gasteiger charge is 2.03. The topological polar surface area (TPSA) is 47.3 Å². The SMILES string of the molecule is CC(NCCc1ccc(F)cc1)c1ccccc1.COc1ccc(CCN)cc1. The Bertz CT molecular complexity index is 804. The van der Waals surface area contributed by atoms with Gasteiger partial charge in [-0.05, 0) is 73.8 Å². The Morgan fingerprint density at radius 2 is 1.45 bits per heavy atom. The van der Waals surface area contributed by atoms with E-state index in [4.69, 9.17) is 10.5 Å². The molecule has 1 atom stereocenters. The van der Waals surface area contributed by atoms with E-state index in [0.717, 1.165) is 30.7 Å². The van der Waals surface area contributed by atoms with Gasteiger partial charge in [-0.1, -0.05) is 54.6 Å². The van der Waals surface area contributed by atoms with E-state index in [2.05, 4.69) is 24.4 Å². The van der Waals surface area contributed by atoms with Crippen LogP contribution in [0, 0.1) is 5.82 Å². The minimum Gasteiger partial charge on any atom is -0.497 e. The zero-order valence-electron chi connectivity index (χ0n) is 17.3. The largest absolute Gasteiger partial charge is 0.497 e. The van der Waals surface area contributed by atoms with Crippen molar-refractivity contribution in [2.24, 2.45) is 5.73 Å². The Morgan fingerprint density at radius 1 is 0.862 bits per heavy atom. The van der Waals surface area contributed by atoms with E-state index in [9.17, 15) is 4.39 Å². The van der Waals surface area contributed by atoms with Gasteiger partial charge >= 0.3 is 0 Å². The molecular formula is C25H31FN2O. The number of halogens is 1. The van der Waals surface area contributed by atoms with Gasteiger partial charge < -0.3 is 15.8 Å². The van der Waals surface area contributed by atoms with Gasteiger partial charge in [0.1, 0.15) is 11.6 Å². The van der Waals surface area contributed by atoms with Crippen LogP contribution >= 0.6 is 0 Å². The number of ether oxygens (including phenoxy) is 1. The van der Waals surface area contributed by atoms with Crippen LogP contribution in [0.25, 0.3) is 0 Å². The summed E-state index contributed by atoms with van der Waals surface area (Å²) in [7, 11) is 1.66. The second-order valence-electron chi connectivity index (χ2n) is 6.85. The maximum Gasteiger partial charge on any atom is 0.123 e. The summed E-state index contributed by atoms with van der Waals surface area (Å²) in [4.78, 5) is 0.